The second-order valence-electron chi connectivity index (χ2n) is 17.5. The van der Waals surface area contributed by atoms with Gasteiger partial charge in [-0.1, -0.05) is 63.8 Å². The Morgan fingerprint density at radius 2 is 1.67 bits per heavy atom. The lowest BCUT2D eigenvalue weighted by Crippen LogP contribution is -2.59. The molecule has 0 aromatic heterocycles. The number of hydrogen-bond acceptors (Lipinski definition) is 15. The number of benzene rings is 1. The summed E-state index contributed by atoms with van der Waals surface area (Å²) < 4.78 is 35.8. The van der Waals surface area contributed by atoms with Crippen molar-refractivity contribution in [3.05, 3.63) is 53.1 Å². The van der Waals surface area contributed by atoms with Gasteiger partial charge in [-0.3, -0.25) is 14.4 Å². The van der Waals surface area contributed by atoms with Crippen LogP contribution >= 0.6 is 0 Å². The molecule has 9 atom stereocenters. The van der Waals surface area contributed by atoms with Gasteiger partial charge >= 0.3 is 11.9 Å². The molecule has 1 aromatic carbocycles. The molecule has 0 spiro atoms. The van der Waals surface area contributed by atoms with E-state index in [1.165, 1.54) is 0 Å². The first-order chi connectivity index (χ1) is 30.0. The molecular weight excluding hydrogens is 821 g/mol. The molecule has 1 aromatic rings. The van der Waals surface area contributed by atoms with Crippen LogP contribution in [-0.4, -0.2) is 142 Å². The van der Waals surface area contributed by atoms with E-state index in [4.69, 9.17) is 28.4 Å². The maximum Gasteiger partial charge on any atom is 0.338 e. The Bertz CT molecular complexity index is 1680. The highest BCUT2D eigenvalue weighted by Gasteiger charge is 2.52. The first kappa shape index (κ1) is 51.9. The number of nitrogens with one attached hydrogen (secondary N) is 2. The van der Waals surface area contributed by atoms with E-state index in [-0.39, 0.29) is 51.0 Å². The number of aliphatic hydroxyl groups is 5. The number of unbranched alkanes of at least 4 members (excludes halogenated alkanes) is 4. The van der Waals surface area contributed by atoms with E-state index in [9.17, 15) is 44.7 Å². The van der Waals surface area contributed by atoms with Gasteiger partial charge < -0.3 is 64.6 Å². The van der Waals surface area contributed by atoms with Gasteiger partial charge in [-0.2, -0.15) is 0 Å². The van der Waals surface area contributed by atoms with Crippen molar-refractivity contribution in [1.29, 1.82) is 0 Å². The number of hydrogen-bond donors (Lipinski definition) is 7. The maximum atomic E-state index is 13.8. The second-order valence-corrected chi connectivity index (χ2v) is 17.5. The number of fused-ring (bicyclic) bond motifs is 1. The molecule has 4 rings (SSSR count). The summed E-state index contributed by atoms with van der Waals surface area (Å²) in [6, 6.07) is 5.99. The van der Waals surface area contributed by atoms with Gasteiger partial charge in [0.25, 0.3) is 0 Å². The first-order valence-corrected chi connectivity index (χ1v) is 22.4. The predicted molar refractivity (Wildman–Crippen MR) is 230 cm³/mol. The lowest BCUT2D eigenvalue weighted by molar-refractivity contribution is -0.298. The van der Waals surface area contributed by atoms with Gasteiger partial charge in [-0.05, 0) is 63.8 Å². The van der Waals surface area contributed by atoms with Gasteiger partial charge in [0, 0.05) is 44.2 Å². The summed E-state index contributed by atoms with van der Waals surface area (Å²) in [6.45, 7) is 8.46. The lowest BCUT2D eigenvalue weighted by Gasteiger charge is -2.39. The number of amides is 2. The van der Waals surface area contributed by atoms with E-state index in [2.05, 4.69) is 24.5 Å². The highest BCUT2D eigenvalue weighted by molar-refractivity contribution is 5.94. The highest BCUT2D eigenvalue weighted by Crippen LogP contribution is 2.43. The summed E-state index contributed by atoms with van der Waals surface area (Å²) >= 11 is 0. The fraction of sp³-hybridized carbons (Fsp3) is 0.696. The Labute approximate surface area is 370 Å². The fourth-order valence-corrected chi connectivity index (χ4v) is 7.71. The van der Waals surface area contributed by atoms with Crippen LogP contribution in [0.5, 0.6) is 0 Å². The molecule has 354 valence electrons. The van der Waals surface area contributed by atoms with E-state index < -0.39 is 96.8 Å². The predicted octanol–water partition coefficient (Wildman–Crippen LogP) is 3.12. The molecule has 7 N–H and O–H groups in total. The molecule has 2 amide bonds. The Morgan fingerprint density at radius 1 is 0.952 bits per heavy atom. The minimum Gasteiger partial charge on any atom is -0.460 e. The third-order valence-corrected chi connectivity index (χ3v) is 11.0. The minimum atomic E-state index is -1.57. The van der Waals surface area contributed by atoms with Crippen LogP contribution in [-0.2, 0) is 42.8 Å². The molecule has 3 aliphatic rings. The zero-order valence-corrected chi connectivity index (χ0v) is 37.4. The van der Waals surface area contributed by atoms with Crippen molar-refractivity contribution < 1.29 is 73.1 Å². The molecule has 17 heteroatoms. The van der Waals surface area contributed by atoms with Crippen LogP contribution in [0, 0.1) is 0 Å². The average Bonchev–Trinajstić information content (AvgIpc) is 3.62. The van der Waals surface area contributed by atoms with Crippen molar-refractivity contribution in [2.24, 2.45) is 0 Å². The van der Waals surface area contributed by atoms with Gasteiger partial charge in [0.1, 0.15) is 48.3 Å². The van der Waals surface area contributed by atoms with Crippen molar-refractivity contribution >= 4 is 29.8 Å². The lowest BCUT2D eigenvalue weighted by atomic mass is 9.91. The Hall–Kier alpha value is -3.78. The molecular formula is C46H70N2O15. The molecule has 1 aliphatic carbocycles. The molecule has 2 heterocycles. The number of ether oxygens (including phenoxy) is 6. The van der Waals surface area contributed by atoms with Crippen LogP contribution in [0.15, 0.2) is 42.0 Å². The number of rotatable bonds is 24. The largest absolute Gasteiger partial charge is 0.460 e. The van der Waals surface area contributed by atoms with E-state index in [1.807, 2.05) is 0 Å². The smallest absolute Gasteiger partial charge is 0.338 e. The van der Waals surface area contributed by atoms with E-state index in [1.54, 1.807) is 63.3 Å². The van der Waals surface area contributed by atoms with Gasteiger partial charge in [-0.25, -0.2) is 4.79 Å². The van der Waals surface area contributed by atoms with Crippen LogP contribution in [0.4, 0.5) is 0 Å². The van der Waals surface area contributed by atoms with Gasteiger partial charge in [0.2, 0.25) is 11.8 Å². The number of aliphatic hydroxyl groups excluding tert-OH is 5. The quantitative estimate of drug-likeness (QED) is 0.0582. The van der Waals surface area contributed by atoms with Gasteiger partial charge in [0.15, 0.2) is 12.1 Å². The highest BCUT2D eigenvalue weighted by atomic mass is 16.8. The summed E-state index contributed by atoms with van der Waals surface area (Å²) in [5.74, 6) is -2.87. The minimum absolute atomic E-state index is 0.0148. The SMILES string of the molecule is CCCCCC1(CCCCC)O[C@@H]2[C@@H](C=C(C(=O)NCCC(=O)N[C@H](CO)CCC(=O)OC(C)(C)C)C[C@H]2OC(=O)c2cccc(C=CCO[C@H]3O[C@H](CO)[C@H](O)[C@H](O)[C@H]3O)c2)O1. The van der Waals surface area contributed by atoms with E-state index >= 15 is 0 Å². The van der Waals surface area contributed by atoms with Crippen molar-refractivity contribution in [3.8, 4) is 0 Å². The van der Waals surface area contributed by atoms with Crippen molar-refractivity contribution in [2.75, 3.05) is 26.4 Å². The molecule has 0 bridgehead atoms. The normalized spacial score (nSPS) is 26.1. The first-order valence-electron chi connectivity index (χ1n) is 22.4. The molecule has 2 aliphatic heterocycles. The van der Waals surface area contributed by atoms with Crippen LogP contribution in [0.1, 0.15) is 128 Å². The van der Waals surface area contributed by atoms with E-state index in [0.717, 1.165) is 38.5 Å². The molecule has 17 nitrogen and oxygen atoms in total. The molecule has 63 heavy (non-hydrogen) atoms. The third kappa shape index (κ3) is 16.0. The van der Waals surface area contributed by atoms with Crippen LogP contribution in [0.2, 0.25) is 0 Å². The molecule has 2 fully saturated rings. The van der Waals surface area contributed by atoms with Crippen molar-refractivity contribution in [2.45, 2.75) is 178 Å². The van der Waals surface area contributed by atoms with Crippen LogP contribution < -0.4 is 10.6 Å². The average molecular weight is 891 g/mol. The Kier molecular flexibility index (Phi) is 20.6. The molecule has 2 saturated heterocycles. The number of carbonyl (C=O) groups is 4. The molecule has 0 radical (unpaired) electrons. The summed E-state index contributed by atoms with van der Waals surface area (Å²) in [6.07, 6.45) is 2.90. The Balaban J connectivity index is 1.42. The number of carbonyl (C=O) groups excluding carboxylic acids is 4. The zero-order valence-electron chi connectivity index (χ0n) is 37.4. The summed E-state index contributed by atoms with van der Waals surface area (Å²) in [7, 11) is 0. The summed E-state index contributed by atoms with van der Waals surface area (Å²) in [5.41, 5.74) is 0.518. The zero-order chi connectivity index (χ0) is 46.2. The van der Waals surface area contributed by atoms with Crippen molar-refractivity contribution in [3.63, 3.8) is 0 Å². The molecule has 0 unspecified atom stereocenters. The van der Waals surface area contributed by atoms with Crippen LogP contribution in [0.3, 0.4) is 0 Å². The molecule has 0 saturated carbocycles. The monoisotopic (exact) mass is 890 g/mol. The van der Waals surface area contributed by atoms with Crippen LogP contribution in [0.25, 0.3) is 6.08 Å². The topological polar surface area (TPSA) is 249 Å². The summed E-state index contributed by atoms with van der Waals surface area (Å²) in [5, 5.41) is 55.0. The third-order valence-electron chi connectivity index (χ3n) is 11.0. The fourth-order valence-electron chi connectivity index (χ4n) is 7.71. The van der Waals surface area contributed by atoms with Gasteiger partial charge in [0.05, 0.1) is 31.4 Å². The van der Waals surface area contributed by atoms with Crippen molar-refractivity contribution in [1.82, 2.24) is 10.6 Å². The summed E-state index contributed by atoms with van der Waals surface area (Å²) in [4.78, 5) is 52.4. The standard InChI is InChI=1S/C46H70N2O15/c1-6-8-10-20-46(21-11-9-7-2)61-34-26-31(42(56)47-22-19-36(51)48-32(27-49)17-18-37(52)62-45(3,4)5)25-33(41(34)63-46)59-43(57)30-16-12-14-29(24-30)15-13-23-58-44-40(55)39(54)38(53)35(28-50)60-44/h12-16,24,26,32-35,38-41,44,49-50,53-55H,6-11,17-23,25,27-28H2,1-5H3,(H,47,56)(H,48,51)/t32-,33+,34+,35+,38-,39-,40+,41-,44-/m0/s1. The van der Waals surface area contributed by atoms with Gasteiger partial charge in [-0.15, -0.1) is 0 Å². The van der Waals surface area contributed by atoms with E-state index in [0.29, 0.717) is 24.0 Å². The second kappa shape index (κ2) is 25.1. The Morgan fingerprint density at radius 3 is 2.32 bits per heavy atom. The maximum absolute atomic E-state index is 13.8. The number of esters is 2.